The van der Waals surface area contributed by atoms with E-state index in [1.807, 2.05) is 0 Å². The maximum absolute atomic E-state index is 10.5. The van der Waals surface area contributed by atoms with E-state index in [0.717, 1.165) is 5.56 Å². The Labute approximate surface area is 122 Å². The van der Waals surface area contributed by atoms with Gasteiger partial charge in [-0.05, 0) is 24.1 Å². The molecule has 0 saturated carbocycles. The Kier molecular flexibility index (Phi) is 7.22. The number of ether oxygens (including phenoxy) is 2. The zero-order valence-electron chi connectivity index (χ0n) is 10.2. The van der Waals surface area contributed by atoms with Crippen molar-refractivity contribution in [3.05, 3.63) is 23.8 Å². The van der Waals surface area contributed by atoms with E-state index < -0.39 is 12.0 Å². The molecule has 1 atom stereocenters. The van der Waals surface area contributed by atoms with E-state index in [0.29, 0.717) is 11.5 Å². The number of carboxylic acids is 1. The fourth-order valence-electron chi connectivity index (χ4n) is 1.34. The first kappa shape index (κ1) is 16.2. The largest absolute Gasteiger partial charge is 1.00 e. The SMILES string of the molecule is COc1ccc(CC(N)C(=O)[O-])cc1OC.[Na+]. The van der Waals surface area contributed by atoms with Crippen LogP contribution in [0.3, 0.4) is 0 Å². The summed E-state index contributed by atoms with van der Waals surface area (Å²) in [4.78, 5) is 10.5. The minimum absolute atomic E-state index is 0. The van der Waals surface area contributed by atoms with Gasteiger partial charge in [0, 0.05) is 6.04 Å². The second-order valence-corrected chi connectivity index (χ2v) is 3.32. The van der Waals surface area contributed by atoms with Gasteiger partial charge in [-0.3, -0.25) is 0 Å². The van der Waals surface area contributed by atoms with Crippen molar-refractivity contribution in [1.29, 1.82) is 0 Å². The summed E-state index contributed by atoms with van der Waals surface area (Å²) in [6.45, 7) is 0. The van der Waals surface area contributed by atoms with E-state index in [1.165, 1.54) is 14.2 Å². The van der Waals surface area contributed by atoms with E-state index >= 15 is 0 Å². The molecule has 0 radical (unpaired) electrons. The summed E-state index contributed by atoms with van der Waals surface area (Å²) in [7, 11) is 3.05. The maximum Gasteiger partial charge on any atom is 1.00 e. The molecule has 0 aliphatic heterocycles. The van der Waals surface area contributed by atoms with Gasteiger partial charge < -0.3 is 25.1 Å². The molecule has 1 aromatic rings. The molecule has 6 heteroatoms. The molecule has 1 unspecified atom stereocenters. The van der Waals surface area contributed by atoms with Gasteiger partial charge in [-0.1, -0.05) is 6.07 Å². The van der Waals surface area contributed by atoms with Gasteiger partial charge in [0.15, 0.2) is 11.5 Å². The van der Waals surface area contributed by atoms with Crippen molar-refractivity contribution in [1.82, 2.24) is 0 Å². The van der Waals surface area contributed by atoms with Crippen molar-refractivity contribution in [2.24, 2.45) is 5.73 Å². The first-order valence-corrected chi connectivity index (χ1v) is 4.75. The second-order valence-electron chi connectivity index (χ2n) is 3.32. The van der Waals surface area contributed by atoms with Crippen molar-refractivity contribution in [3.8, 4) is 11.5 Å². The zero-order valence-corrected chi connectivity index (χ0v) is 12.2. The molecule has 0 aliphatic rings. The number of carboxylic acid groups (broad SMARTS) is 1. The van der Waals surface area contributed by atoms with Crippen LogP contribution in [-0.4, -0.2) is 26.2 Å². The van der Waals surface area contributed by atoms with Crippen LogP contribution in [0.4, 0.5) is 0 Å². The Bertz CT molecular complexity index is 384. The Morgan fingerprint density at radius 1 is 1.35 bits per heavy atom. The third kappa shape index (κ3) is 4.55. The minimum Gasteiger partial charge on any atom is -0.548 e. The summed E-state index contributed by atoms with van der Waals surface area (Å²) >= 11 is 0. The van der Waals surface area contributed by atoms with E-state index in [9.17, 15) is 9.90 Å². The Balaban J connectivity index is 0.00000256. The van der Waals surface area contributed by atoms with Gasteiger partial charge >= 0.3 is 29.6 Å². The number of aliphatic carboxylic acids is 1. The molecule has 0 amide bonds. The standard InChI is InChI=1S/C11H15NO4.Na/c1-15-9-4-3-7(6-10(9)16-2)5-8(12)11(13)14;/h3-4,6,8H,5,12H2,1-2H3,(H,13,14);/q;+1/p-1. The van der Waals surface area contributed by atoms with Gasteiger partial charge in [0.2, 0.25) is 0 Å². The van der Waals surface area contributed by atoms with E-state index in [1.54, 1.807) is 18.2 Å². The molecular formula is C11H14NNaO4. The van der Waals surface area contributed by atoms with Crippen LogP contribution < -0.4 is 49.9 Å². The van der Waals surface area contributed by atoms with Crippen molar-refractivity contribution < 1.29 is 48.9 Å². The number of carbonyl (C=O) groups is 1. The molecule has 1 aromatic carbocycles. The summed E-state index contributed by atoms with van der Waals surface area (Å²) in [5.74, 6) is -0.131. The van der Waals surface area contributed by atoms with Crippen molar-refractivity contribution >= 4 is 5.97 Å². The van der Waals surface area contributed by atoms with Crippen LogP contribution in [0.5, 0.6) is 11.5 Å². The minimum atomic E-state index is -1.27. The van der Waals surface area contributed by atoms with Crippen LogP contribution in [0.2, 0.25) is 0 Å². The molecule has 0 fully saturated rings. The zero-order chi connectivity index (χ0) is 12.1. The summed E-state index contributed by atoms with van der Waals surface area (Å²) in [5, 5.41) is 10.5. The number of benzene rings is 1. The number of rotatable bonds is 5. The summed E-state index contributed by atoms with van der Waals surface area (Å²) in [5.41, 5.74) is 6.14. The van der Waals surface area contributed by atoms with Crippen molar-refractivity contribution in [2.45, 2.75) is 12.5 Å². The predicted molar refractivity (Wildman–Crippen MR) is 56.2 cm³/mol. The smallest absolute Gasteiger partial charge is 0.548 e. The molecule has 2 N–H and O–H groups in total. The summed E-state index contributed by atoms with van der Waals surface area (Å²) < 4.78 is 10.1. The van der Waals surface area contributed by atoms with Crippen LogP contribution in [0.15, 0.2) is 18.2 Å². The number of hydrogen-bond acceptors (Lipinski definition) is 5. The first-order valence-electron chi connectivity index (χ1n) is 4.75. The van der Waals surface area contributed by atoms with Crippen LogP contribution in [0.1, 0.15) is 5.56 Å². The van der Waals surface area contributed by atoms with Gasteiger partial charge in [-0.25, -0.2) is 0 Å². The molecule has 0 aromatic heterocycles. The molecule has 88 valence electrons. The molecule has 1 rings (SSSR count). The molecular weight excluding hydrogens is 233 g/mol. The van der Waals surface area contributed by atoms with Gasteiger partial charge in [-0.2, -0.15) is 0 Å². The molecule has 0 bridgehead atoms. The van der Waals surface area contributed by atoms with Gasteiger partial charge in [0.1, 0.15) is 0 Å². The molecule has 0 spiro atoms. The third-order valence-corrected chi connectivity index (χ3v) is 2.21. The number of hydrogen-bond donors (Lipinski definition) is 1. The molecule has 5 nitrogen and oxygen atoms in total. The monoisotopic (exact) mass is 247 g/mol. The first-order chi connectivity index (χ1) is 7.58. The van der Waals surface area contributed by atoms with E-state index in [-0.39, 0.29) is 36.0 Å². The molecule has 0 heterocycles. The van der Waals surface area contributed by atoms with Crippen LogP contribution in [-0.2, 0) is 11.2 Å². The third-order valence-electron chi connectivity index (χ3n) is 2.21. The summed E-state index contributed by atoms with van der Waals surface area (Å²) in [6, 6.07) is 4.13. The fourth-order valence-corrected chi connectivity index (χ4v) is 1.34. The quantitative estimate of drug-likeness (QED) is 0.542. The van der Waals surface area contributed by atoms with Gasteiger partial charge in [-0.15, -0.1) is 0 Å². The maximum atomic E-state index is 10.5. The fraction of sp³-hybridized carbons (Fsp3) is 0.364. The van der Waals surface area contributed by atoms with Crippen molar-refractivity contribution in [3.63, 3.8) is 0 Å². The topological polar surface area (TPSA) is 84.6 Å². The van der Waals surface area contributed by atoms with Gasteiger partial charge in [0.25, 0.3) is 0 Å². The van der Waals surface area contributed by atoms with Crippen LogP contribution in [0.25, 0.3) is 0 Å². The number of methoxy groups -OCH3 is 2. The molecule has 0 aliphatic carbocycles. The van der Waals surface area contributed by atoms with Crippen LogP contribution in [0, 0.1) is 0 Å². The van der Waals surface area contributed by atoms with Crippen LogP contribution >= 0.6 is 0 Å². The second kappa shape index (κ2) is 7.55. The van der Waals surface area contributed by atoms with E-state index in [2.05, 4.69) is 0 Å². The average molecular weight is 247 g/mol. The molecule has 17 heavy (non-hydrogen) atoms. The number of carbonyl (C=O) groups excluding carboxylic acids is 1. The summed E-state index contributed by atoms with van der Waals surface area (Å²) in [6.07, 6.45) is 0.197. The Hall–Kier alpha value is -0.750. The van der Waals surface area contributed by atoms with E-state index in [4.69, 9.17) is 15.2 Å². The molecule has 0 saturated heterocycles. The normalized spacial score (nSPS) is 11.2. The Morgan fingerprint density at radius 3 is 2.41 bits per heavy atom. The van der Waals surface area contributed by atoms with Gasteiger partial charge in [0.05, 0.1) is 20.2 Å². The predicted octanol–water partition coefficient (Wildman–Crippen LogP) is -3.67. The Morgan fingerprint density at radius 2 is 1.94 bits per heavy atom. The number of nitrogens with two attached hydrogens (primary N) is 1. The average Bonchev–Trinajstić information content (AvgIpc) is 2.28. The van der Waals surface area contributed by atoms with Crippen molar-refractivity contribution in [2.75, 3.05) is 14.2 Å².